The second-order valence-corrected chi connectivity index (χ2v) is 3.98. The number of rotatable bonds is 4. The summed E-state index contributed by atoms with van der Waals surface area (Å²) < 4.78 is 37.4. The van der Waals surface area contributed by atoms with E-state index in [9.17, 15) is 13.2 Å². The van der Waals surface area contributed by atoms with Gasteiger partial charge in [-0.05, 0) is 19.4 Å². The van der Waals surface area contributed by atoms with Crippen LogP contribution in [0.2, 0.25) is 0 Å². The normalized spacial score (nSPS) is 11.2. The summed E-state index contributed by atoms with van der Waals surface area (Å²) >= 11 is 0. The third-order valence-electron chi connectivity index (χ3n) is 2.59. The first-order valence-electron chi connectivity index (χ1n) is 5.46. The molecule has 0 saturated heterocycles. The molecule has 0 aliphatic carbocycles. The molecular weight excluding hydrogens is 261 g/mol. The lowest BCUT2D eigenvalue weighted by Gasteiger charge is -2.25. The molecule has 5 nitrogen and oxygen atoms in total. The monoisotopic (exact) mass is 274 g/mol. The highest BCUT2D eigenvalue weighted by Crippen LogP contribution is 2.25. The van der Waals surface area contributed by atoms with Gasteiger partial charge in [-0.3, -0.25) is 0 Å². The van der Waals surface area contributed by atoms with Crippen molar-refractivity contribution in [1.29, 1.82) is 5.26 Å². The zero-order chi connectivity index (χ0) is 14.6. The molecule has 0 bridgehead atoms. The van der Waals surface area contributed by atoms with E-state index in [0.29, 0.717) is 11.3 Å². The molecule has 0 atom stereocenters. The lowest BCUT2D eigenvalue weighted by atomic mass is 10.1. The van der Waals surface area contributed by atoms with E-state index in [-0.39, 0.29) is 17.9 Å². The molecule has 1 aromatic rings. The summed E-state index contributed by atoms with van der Waals surface area (Å²) in [6, 6.07) is 1.84. The van der Waals surface area contributed by atoms with Crippen LogP contribution in [-0.4, -0.2) is 41.2 Å². The van der Waals surface area contributed by atoms with E-state index >= 15 is 0 Å². The van der Waals surface area contributed by atoms with Gasteiger partial charge in [-0.15, -0.1) is 5.10 Å². The molecule has 0 fully saturated rings. The molecular formula is C11H13F3N4O. The topological polar surface area (TPSA) is 73.0 Å². The number of nitrogens with zero attached hydrogens (tertiary/aromatic N) is 4. The van der Waals surface area contributed by atoms with Crippen LogP contribution in [0, 0.1) is 25.2 Å². The van der Waals surface area contributed by atoms with Crippen LogP contribution < -0.4 is 4.90 Å². The van der Waals surface area contributed by atoms with Crippen LogP contribution in [0.5, 0.6) is 0 Å². The Kier molecular flexibility index (Phi) is 4.67. The van der Waals surface area contributed by atoms with Gasteiger partial charge in [0, 0.05) is 6.54 Å². The van der Waals surface area contributed by atoms with Crippen LogP contribution in [0.15, 0.2) is 0 Å². The minimum absolute atomic E-state index is 0.0465. The fourth-order valence-corrected chi connectivity index (χ4v) is 1.55. The molecule has 1 rings (SSSR count). The largest absolute Gasteiger partial charge is 0.405 e. The zero-order valence-electron chi connectivity index (χ0n) is 10.5. The molecule has 0 radical (unpaired) electrons. The standard InChI is InChI=1S/C11H13F3N4O/c1-7-8(2)16-17-10(9(7)5-15)18(3-4-19)6-11(12,13)14/h19H,3-4,6H2,1-2H3. The Labute approximate surface area is 108 Å². The van der Waals surface area contributed by atoms with E-state index in [2.05, 4.69) is 10.2 Å². The van der Waals surface area contributed by atoms with Gasteiger partial charge in [0.05, 0.1) is 12.3 Å². The Morgan fingerprint density at radius 2 is 1.95 bits per heavy atom. The summed E-state index contributed by atoms with van der Waals surface area (Å²) in [6.07, 6.45) is -4.46. The van der Waals surface area contributed by atoms with Crippen LogP contribution in [-0.2, 0) is 0 Å². The molecule has 19 heavy (non-hydrogen) atoms. The van der Waals surface area contributed by atoms with Gasteiger partial charge in [0.2, 0.25) is 0 Å². The van der Waals surface area contributed by atoms with Crippen molar-refractivity contribution in [2.24, 2.45) is 0 Å². The molecule has 0 aromatic carbocycles. The Morgan fingerprint density at radius 3 is 2.42 bits per heavy atom. The number of hydrogen-bond acceptors (Lipinski definition) is 5. The van der Waals surface area contributed by atoms with Gasteiger partial charge in [-0.1, -0.05) is 0 Å². The van der Waals surface area contributed by atoms with Crippen molar-refractivity contribution in [3.8, 4) is 6.07 Å². The number of aromatic nitrogens is 2. The number of aryl methyl sites for hydroxylation is 1. The van der Waals surface area contributed by atoms with E-state index in [0.717, 1.165) is 4.90 Å². The first-order chi connectivity index (χ1) is 8.80. The van der Waals surface area contributed by atoms with Gasteiger partial charge in [0.15, 0.2) is 5.82 Å². The van der Waals surface area contributed by atoms with E-state index in [1.165, 1.54) is 0 Å². The molecule has 0 aliphatic rings. The first-order valence-corrected chi connectivity index (χ1v) is 5.46. The van der Waals surface area contributed by atoms with E-state index in [4.69, 9.17) is 10.4 Å². The predicted octanol–water partition coefficient (Wildman–Crippen LogP) is 1.33. The highest BCUT2D eigenvalue weighted by molar-refractivity contribution is 5.57. The molecule has 0 saturated carbocycles. The van der Waals surface area contributed by atoms with E-state index < -0.39 is 19.3 Å². The van der Waals surface area contributed by atoms with Crippen LogP contribution in [0.4, 0.5) is 19.0 Å². The van der Waals surface area contributed by atoms with E-state index in [1.807, 2.05) is 6.07 Å². The zero-order valence-corrected chi connectivity index (χ0v) is 10.5. The fourth-order valence-electron chi connectivity index (χ4n) is 1.55. The number of alkyl halides is 3. The first kappa shape index (κ1) is 15.2. The molecule has 1 heterocycles. The number of nitriles is 1. The predicted molar refractivity (Wildman–Crippen MR) is 61.6 cm³/mol. The van der Waals surface area contributed by atoms with Crippen LogP contribution in [0.1, 0.15) is 16.8 Å². The summed E-state index contributed by atoms with van der Waals surface area (Å²) in [4.78, 5) is 0.804. The molecule has 8 heteroatoms. The number of anilines is 1. The average Bonchev–Trinajstić information content (AvgIpc) is 2.30. The summed E-state index contributed by atoms with van der Waals surface area (Å²) in [5.41, 5.74) is 1.01. The SMILES string of the molecule is Cc1nnc(N(CCO)CC(F)(F)F)c(C#N)c1C. The molecule has 1 aromatic heterocycles. The summed E-state index contributed by atoms with van der Waals surface area (Å²) in [5, 5.41) is 25.3. The maximum atomic E-state index is 12.5. The minimum atomic E-state index is -4.46. The van der Waals surface area contributed by atoms with Gasteiger partial charge in [-0.2, -0.15) is 23.5 Å². The molecule has 0 amide bonds. The van der Waals surface area contributed by atoms with Crippen molar-refractivity contribution in [3.63, 3.8) is 0 Å². The van der Waals surface area contributed by atoms with E-state index in [1.54, 1.807) is 13.8 Å². The van der Waals surface area contributed by atoms with Gasteiger partial charge >= 0.3 is 6.18 Å². The lowest BCUT2D eigenvalue weighted by molar-refractivity contribution is -0.120. The molecule has 104 valence electrons. The molecule has 0 aliphatic heterocycles. The lowest BCUT2D eigenvalue weighted by Crippen LogP contribution is -2.37. The maximum Gasteiger partial charge on any atom is 0.405 e. The Bertz CT molecular complexity index is 496. The van der Waals surface area contributed by atoms with Crippen molar-refractivity contribution in [2.45, 2.75) is 20.0 Å². The fraction of sp³-hybridized carbons (Fsp3) is 0.545. The molecule has 0 spiro atoms. The second-order valence-electron chi connectivity index (χ2n) is 3.98. The van der Waals surface area contributed by atoms with Crippen LogP contribution in [0.3, 0.4) is 0 Å². The highest BCUT2D eigenvalue weighted by Gasteiger charge is 2.32. The molecule has 1 N–H and O–H groups in total. The smallest absolute Gasteiger partial charge is 0.395 e. The third-order valence-corrected chi connectivity index (χ3v) is 2.59. The second kappa shape index (κ2) is 5.84. The number of aliphatic hydroxyl groups excluding tert-OH is 1. The maximum absolute atomic E-state index is 12.5. The van der Waals surface area contributed by atoms with Crippen molar-refractivity contribution in [1.82, 2.24) is 10.2 Å². The van der Waals surface area contributed by atoms with Crippen molar-refractivity contribution < 1.29 is 18.3 Å². The summed E-state index contributed by atoms with van der Waals surface area (Å²) in [5.74, 6) is -0.156. The quantitative estimate of drug-likeness (QED) is 0.896. The highest BCUT2D eigenvalue weighted by atomic mass is 19.4. The Hall–Kier alpha value is -1.88. The van der Waals surface area contributed by atoms with Gasteiger partial charge in [0.1, 0.15) is 18.2 Å². The number of hydrogen-bond donors (Lipinski definition) is 1. The molecule has 0 unspecified atom stereocenters. The third kappa shape index (κ3) is 3.79. The minimum Gasteiger partial charge on any atom is -0.395 e. The number of halogens is 3. The van der Waals surface area contributed by atoms with Crippen LogP contribution >= 0.6 is 0 Å². The van der Waals surface area contributed by atoms with Crippen molar-refractivity contribution in [2.75, 3.05) is 24.6 Å². The summed E-state index contributed by atoms with van der Waals surface area (Å²) in [7, 11) is 0. The van der Waals surface area contributed by atoms with Crippen LogP contribution in [0.25, 0.3) is 0 Å². The van der Waals surface area contributed by atoms with Gasteiger partial charge in [-0.25, -0.2) is 0 Å². The van der Waals surface area contributed by atoms with Crippen molar-refractivity contribution >= 4 is 5.82 Å². The average molecular weight is 274 g/mol. The van der Waals surface area contributed by atoms with Gasteiger partial charge in [0.25, 0.3) is 0 Å². The Morgan fingerprint density at radius 1 is 1.32 bits per heavy atom. The Balaban J connectivity index is 3.24. The van der Waals surface area contributed by atoms with Gasteiger partial charge < -0.3 is 10.0 Å². The number of aliphatic hydroxyl groups is 1. The summed E-state index contributed by atoms with van der Waals surface area (Å²) in [6.45, 7) is 1.17. The van der Waals surface area contributed by atoms with Crippen molar-refractivity contribution in [3.05, 3.63) is 16.8 Å².